The average molecular weight is 332 g/mol. The SMILES string of the molecule is CCCCC(CCCC)N(C(=O)CC(C)(C)C)c1cccc(C)c1. The first-order valence-corrected chi connectivity index (χ1v) is 9.67. The summed E-state index contributed by atoms with van der Waals surface area (Å²) in [5.41, 5.74) is 2.30. The molecule has 1 rings (SSSR count). The van der Waals surface area contributed by atoms with Crippen LogP contribution in [0.25, 0.3) is 0 Å². The second-order valence-electron chi connectivity index (χ2n) is 8.28. The highest BCUT2D eigenvalue weighted by Gasteiger charge is 2.28. The van der Waals surface area contributed by atoms with Crippen LogP contribution in [0.2, 0.25) is 0 Å². The molecule has 0 atom stereocenters. The molecule has 0 aliphatic heterocycles. The fraction of sp³-hybridized carbons (Fsp3) is 0.682. The van der Waals surface area contributed by atoms with Gasteiger partial charge in [-0.25, -0.2) is 0 Å². The number of aryl methyl sites for hydroxylation is 1. The van der Waals surface area contributed by atoms with Crippen LogP contribution >= 0.6 is 0 Å². The van der Waals surface area contributed by atoms with E-state index < -0.39 is 0 Å². The van der Waals surface area contributed by atoms with E-state index in [2.05, 4.69) is 70.7 Å². The van der Waals surface area contributed by atoms with Crippen LogP contribution in [0.1, 0.15) is 85.1 Å². The van der Waals surface area contributed by atoms with Crippen LogP contribution in [0.3, 0.4) is 0 Å². The van der Waals surface area contributed by atoms with Crippen molar-refractivity contribution in [2.75, 3.05) is 4.90 Å². The van der Waals surface area contributed by atoms with Crippen LogP contribution < -0.4 is 4.90 Å². The zero-order valence-electron chi connectivity index (χ0n) is 16.7. The predicted molar refractivity (Wildman–Crippen MR) is 106 cm³/mol. The lowest BCUT2D eigenvalue weighted by atomic mass is 9.90. The molecule has 2 nitrogen and oxygen atoms in total. The molecule has 0 aliphatic rings. The molecule has 1 amide bonds. The first-order valence-electron chi connectivity index (χ1n) is 9.67. The molecule has 0 fully saturated rings. The molecule has 2 heteroatoms. The topological polar surface area (TPSA) is 20.3 Å². The van der Waals surface area contributed by atoms with E-state index in [0.717, 1.165) is 18.5 Å². The second kappa shape index (κ2) is 9.86. The minimum absolute atomic E-state index is 0.0131. The minimum Gasteiger partial charge on any atom is -0.309 e. The van der Waals surface area contributed by atoms with Crippen molar-refractivity contribution in [3.8, 4) is 0 Å². The minimum atomic E-state index is 0.0131. The molecule has 0 heterocycles. The summed E-state index contributed by atoms with van der Waals surface area (Å²) >= 11 is 0. The molecule has 24 heavy (non-hydrogen) atoms. The number of carbonyl (C=O) groups is 1. The monoisotopic (exact) mass is 331 g/mol. The standard InChI is InChI=1S/C22H37NO/c1-7-9-13-19(14-10-8-2)23(21(24)17-22(4,5)6)20-15-11-12-18(3)16-20/h11-12,15-16,19H,7-10,13-14,17H2,1-6H3. The van der Waals surface area contributed by atoms with Gasteiger partial charge in [-0.15, -0.1) is 0 Å². The highest BCUT2D eigenvalue weighted by Crippen LogP contribution is 2.28. The van der Waals surface area contributed by atoms with Gasteiger partial charge in [0, 0.05) is 18.2 Å². The maximum absolute atomic E-state index is 13.2. The lowest BCUT2D eigenvalue weighted by molar-refractivity contribution is -0.120. The molecular formula is C22H37NO. The molecule has 0 saturated heterocycles. The van der Waals surface area contributed by atoms with Gasteiger partial charge in [0.1, 0.15) is 0 Å². The van der Waals surface area contributed by atoms with Crippen molar-refractivity contribution >= 4 is 11.6 Å². The van der Waals surface area contributed by atoms with Crippen LogP contribution in [-0.2, 0) is 4.79 Å². The summed E-state index contributed by atoms with van der Waals surface area (Å²) in [6.45, 7) is 13.0. The van der Waals surface area contributed by atoms with Gasteiger partial charge in [-0.1, -0.05) is 72.4 Å². The summed E-state index contributed by atoms with van der Waals surface area (Å²) in [5.74, 6) is 0.269. The molecule has 0 unspecified atom stereocenters. The Morgan fingerprint density at radius 3 is 2.12 bits per heavy atom. The van der Waals surface area contributed by atoms with Crippen LogP contribution in [0.5, 0.6) is 0 Å². The summed E-state index contributed by atoms with van der Waals surface area (Å²) in [4.78, 5) is 15.3. The Labute approximate surface area is 149 Å². The number of rotatable bonds is 9. The molecule has 1 aromatic carbocycles. The number of carbonyl (C=O) groups excluding carboxylic acids is 1. The first-order chi connectivity index (χ1) is 11.3. The van der Waals surface area contributed by atoms with E-state index in [9.17, 15) is 4.79 Å². The van der Waals surface area contributed by atoms with Gasteiger partial charge < -0.3 is 4.90 Å². The molecule has 0 radical (unpaired) electrons. The fourth-order valence-electron chi connectivity index (χ4n) is 3.16. The number of unbranched alkanes of at least 4 members (excludes halogenated alkanes) is 2. The maximum Gasteiger partial charge on any atom is 0.227 e. The van der Waals surface area contributed by atoms with Crippen LogP contribution in [0.15, 0.2) is 24.3 Å². The average Bonchev–Trinajstić information content (AvgIpc) is 2.48. The van der Waals surface area contributed by atoms with Crippen molar-refractivity contribution in [2.45, 2.75) is 92.5 Å². The zero-order chi connectivity index (χ0) is 18.2. The summed E-state index contributed by atoms with van der Waals surface area (Å²) < 4.78 is 0. The molecule has 0 bridgehead atoms. The summed E-state index contributed by atoms with van der Waals surface area (Å²) in [6, 6.07) is 8.74. The Hall–Kier alpha value is -1.31. The smallest absolute Gasteiger partial charge is 0.227 e. The van der Waals surface area contributed by atoms with Crippen LogP contribution in [-0.4, -0.2) is 11.9 Å². The van der Waals surface area contributed by atoms with Gasteiger partial charge in [-0.2, -0.15) is 0 Å². The van der Waals surface area contributed by atoms with Crippen molar-refractivity contribution in [2.24, 2.45) is 5.41 Å². The van der Waals surface area contributed by atoms with Crippen LogP contribution in [0, 0.1) is 12.3 Å². The van der Waals surface area contributed by atoms with Crippen molar-refractivity contribution in [1.82, 2.24) is 0 Å². The maximum atomic E-state index is 13.2. The largest absolute Gasteiger partial charge is 0.309 e. The quantitative estimate of drug-likeness (QED) is 0.505. The summed E-state index contributed by atoms with van der Waals surface area (Å²) in [5, 5.41) is 0. The van der Waals surface area contributed by atoms with Gasteiger partial charge in [-0.3, -0.25) is 4.79 Å². The molecule has 0 spiro atoms. The number of amides is 1. The first kappa shape index (κ1) is 20.7. The van der Waals surface area contributed by atoms with Gasteiger partial charge >= 0.3 is 0 Å². The molecule has 0 aliphatic carbocycles. The fourth-order valence-corrected chi connectivity index (χ4v) is 3.16. The van der Waals surface area contributed by atoms with E-state index in [1.165, 1.54) is 31.2 Å². The van der Waals surface area contributed by atoms with E-state index in [4.69, 9.17) is 0 Å². The molecular weight excluding hydrogens is 294 g/mol. The summed E-state index contributed by atoms with van der Waals surface area (Å²) in [7, 11) is 0. The Balaban J connectivity index is 3.14. The molecule has 136 valence electrons. The highest BCUT2D eigenvalue weighted by molar-refractivity contribution is 5.94. The van der Waals surface area contributed by atoms with Crippen molar-refractivity contribution in [3.05, 3.63) is 29.8 Å². The zero-order valence-corrected chi connectivity index (χ0v) is 16.7. The third kappa shape index (κ3) is 7.07. The Bertz CT molecular complexity index is 493. The Morgan fingerprint density at radius 1 is 1.08 bits per heavy atom. The predicted octanol–water partition coefficient (Wildman–Crippen LogP) is 6.51. The van der Waals surface area contributed by atoms with Crippen molar-refractivity contribution < 1.29 is 4.79 Å². The number of nitrogens with zero attached hydrogens (tertiary/aromatic N) is 1. The van der Waals surface area contributed by atoms with Gasteiger partial charge in [0.15, 0.2) is 0 Å². The van der Waals surface area contributed by atoms with E-state index in [0.29, 0.717) is 12.5 Å². The Kier molecular flexibility index (Phi) is 8.52. The van der Waals surface area contributed by atoms with E-state index in [1.807, 2.05) is 0 Å². The van der Waals surface area contributed by atoms with Crippen LogP contribution in [0.4, 0.5) is 5.69 Å². The molecule has 0 aromatic heterocycles. The number of benzene rings is 1. The Morgan fingerprint density at radius 2 is 1.67 bits per heavy atom. The number of hydrogen-bond donors (Lipinski definition) is 0. The number of hydrogen-bond acceptors (Lipinski definition) is 1. The van der Waals surface area contributed by atoms with Gasteiger partial charge in [0.2, 0.25) is 5.91 Å². The normalized spacial score (nSPS) is 11.8. The van der Waals surface area contributed by atoms with E-state index >= 15 is 0 Å². The number of anilines is 1. The molecule has 0 N–H and O–H groups in total. The van der Waals surface area contributed by atoms with E-state index in [1.54, 1.807) is 0 Å². The third-order valence-corrected chi connectivity index (χ3v) is 4.38. The molecule has 0 saturated carbocycles. The van der Waals surface area contributed by atoms with E-state index in [-0.39, 0.29) is 11.3 Å². The van der Waals surface area contributed by atoms with Gasteiger partial charge in [0.25, 0.3) is 0 Å². The highest BCUT2D eigenvalue weighted by atomic mass is 16.2. The van der Waals surface area contributed by atoms with Gasteiger partial charge in [-0.05, 0) is 42.9 Å². The lowest BCUT2D eigenvalue weighted by Crippen LogP contribution is -2.42. The van der Waals surface area contributed by atoms with Gasteiger partial charge in [0.05, 0.1) is 0 Å². The lowest BCUT2D eigenvalue weighted by Gasteiger charge is -2.34. The molecule has 1 aromatic rings. The summed E-state index contributed by atoms with van der Waals surface area (Å²) in [6.07, 6.45) is 7.50. The van der Waals surface area contributed by atoms with Crippen molar-refractivity contribution in [1.29, 1.82) is 0 Å². The third-order valence-electron chi connectivity index (χ3n) is 4.38. The second-order valence-corrected chi connectivity index (χ2v) is 8.28. The van der Waals surface area contributed by atoms with Crippen molar-refractivity contribution in [3.63, 3.8) is 0 Å².